The van der Waals surface area contributed by atoms with Crippen molar-refractivity contribution in [2.45, 2.75) is 51.4 Å². The topological polar surface area (TPSA) is 87.4 Å². The van der Waals surface area contributed by atoms with Gasteiger partial charge in [-0.2, -0.15) is 9.97 Å². The standard InChI is InChI=1S/C28H37N7O3/c1-3-33-13-7-10-22(33)20-37-27-31-25-17-30-12-11-24(25)26(32-27)34-14-15-35(23(18-34)16-29-2)28(36)38-19-21-8-5-4-6-9-21/h4-6,8-9,22-23,30H,3,7,10-20H2,1H3/t22-,23-/m0/s1. The number of anilines is 1. The lowest BCUT2D eigenvalue weighted by Crippen LogP contribution is -2.57. The Balaban J connectivity index is 1.30. The van der Waals surface area contributed by atoms with Gasteiger partial charge in [0, 0.05) is 37.8 Å². The van der Waals surface area contributed by atoms with Crippen molar-refractivity contribution in [3.63, 3.8) is 0 Å². The Kier molecular flexibility index (Phi) is 8.56. The number of benzene rings is 1. The number of likely N-dealkylation sites (N-methyl/N-ethyl adjacent to an activating group) is 1. The fourth-order valence-electron chi connectivity index (χ4n) is 5.67. The summed E-state index contributed by atoms with van der Waals surface area (Å²) in [5, 5.41) is 3.41. The smallest absolute Gasteiger partial charge is 0.410 e. The van der Waals surface area contributed by atoms with Crippen LogP contribution in [0, 0.1) is 6.57 Å². The summed E-state index contributed by atoms with van der Waals surface area (Å²) < 4.78 is 11.8. The van der Waals surface area contributed by atoms with Crippen LogP contribution < -0.4 is 15.0 Å². The maximum atomic E-state index is 13.0. The van der Waals surface area contributed by atoms with Gasteiger partial charge >= 0.3 is 12.1 Å². The van der Waals surface area contributed by atoms with Crippen molar-refractivity contribution in [2.75, 3.05) is 57.3 Å². The molecular formula is C28H37N7O3. The Hall–Kier alpha value is -3.42. The maximum absolute atomic E-state index is 13.0. The first kappa shape index (κ1) is 26.2. The first-order valence-corrected chi connectivity index (χ1v) is 13.7. The SMILES string of the molecule is [C-]#[N+]C[C@H]1CN(c2nc(OC[C@@H]3CCCN3CC)nc3c2CCNC3)CCN1C(=O)OCc1ccccc1. The molecule has 3 aliphatic rings. The van der Waals surface area contributed by atoms with Crippen LogP contribution in [0.2, 0.25) is 0 Å². The summed E-state index contributed by atoms with van der Waals surface area (Å²) in [6.45, 7) is 16.0. The summed E-state index contributed by atoms with van der Waals surface area (Å²) in [6, 6.07) is 10.2. The number of nitrogens with one attached hydrogen (secondary N) is 1. The third-order valence-electron chi connectivity index (χ3n) is 7.73. The van der Waals surface area contributed by atoms with Crippen LogP contribution in [0.25, 0.3) is 4.85 Å². The highest BCUT2D eigenvalue weighted by Gasteiger charge is 2.36. The van der Waals surface area contributed by atoms with Gasteiger partial charge in [-0.05, 0) is 44.5 Å². The Morgan fingerprint density at radius 3 is 2.87 bits per heavy atom. The second-order valence-electron chi connectivity index (χ2n) is 10.1. The molecule has 2 fully saturated rings. The molecule has 1 N–H and O–H groups in total. The molecule has 0 aliphatic carbocycles. The van der Waals surface area contributed by atoms with E-state index < -0.39 is 0 Å². The number of hydrogen-bond acceptors (Lipinski definition) is 8. The van der Waals surface area contributed by atoms with E-state index >= 15 is 0 Å². The monoisotopic (exact) mass is 519 g/mol. The van der Waals surface area contributed by atoms with Gasteiger partial charge < -0.3 is 24.5 Å². The zero-order valence-corrected chi connectivity index (χ0v) is 22.1. The van der Waals surface area contributed by atoms with E-state index in [1.807, 2.05) is 30.3 Å². The molecule has 1 amide bonds. The van der Waals surface area contributed by atoms with Crippen LogP contribution in [-0.4, -0.2) is 90.4 Å². The van der Waals surface area contributed by atoms with Crippen LogP contribution in [-0.2, 0) is 24.3 Å². The summed E-state index contributed by atoms with van der Waals surface area (Å²) in [5.74, 6) is 0.873. The molecule has 0 bridgehead atoms. The minimum absolute atomic E-state index is 0.212. The van der Waals surface area contributed by atoms with Gasteiger partial charge in [0.2, 0.25) is 6.54 Å². The zero-order valence-electron chi connectivity index (χ0n) is 22.1. The molecule has 1 aromatic carbocycles. The Labute approximate surface area is 224 Å². The molecule has 1 aromatic heterocycles. The average Bonchev–Trinajstić information content (AvgIpc) is 3.43. The molecule has 10 nitrogen and oxygen atoms in total. The highest BCUT2D eigenvalue weighted by atomic mass is 16.6. The van der Waals surface area contributed by atoms with Gasteiger partial charge in [0.1, 0.15) is 25.1 Å². The summed E-state index contributed by atoms with van der Waals surface area (Å²) >= 11 is 0. The van der Waals surface area contributed by atoms with Gasteiger partial charge in [-0.25, -0.2) is 11.4 Å². The van der Waals surface area contributed by atoms with E-state index in [9.17, 15) is 4.79 Å². The van der Waals surface area contributed by atoms with E-state index in [1.165, 1.54) is 6.42 Å². The number of carbonyl (C=O) groups excluding carboxylic acids is 1. The third kappa shape index (κ3) is 6.00. The number of hydrogen-bond donors (Lipinski definition) is 1. The van der Waals surface area contributed by atoms with Crippen LogP contribution in [0.4, 0.5) is 10.6 Å². The Bertz CT molecular complexity index is 1140. The molecule has 202 valence electrons. The van der Waals surface area contributed by atoms with Gasteiger partial charge in [-0.15, -0.1) is 0 Å². The number of carbonyl (C=O) groups is 1. The molecule has 0 unspecified atom stereocenters. The first-order valence-electron chi connectivity index (χ1n) is 13.7. The van der Waals surface area contributed by atoms with E-state index in [0.29, 0.717) is 44.8 Å². The molecule has 0 saturated carbocycles. The van der Waals surface area contributed by atoms with Crippen molar-refractivity contribution in [2.24, 2.45) is 0 Å². The predicted octanol–water partition coefficient (Wildman–Crippen LogP) is 2.73. The van der Waals surface area contributed by atoms with Gasteiger partial charge in [-0.1, -0.05) is 37.3 Å². The van der Waals surface area contributed by atoms with E-state index in [1.54, 1.807) is 4.90 Å². The fraction of sp³-hybridized carbons (Fsp3) is 0.571. The van der Waals surface area contributed by atoms with Gasteiger partial charge in [-0.3, -0.25) is 9.80 Å². The minimum atomic E-state index is -0.378. The van der Waals surface area contributed by atoms with Crippen molar-refractivity contribution in [1.29, 1.82) is 0 Å². The number of aromatic nitrogens is 2. The second kappa shape index (κ2) is 12.4. The van der Waals surface area contributed by atoms with E-state index in [4.69, 9.17) is 26.0 Å². The molecule has 4 heterocycles. The van der Waals surface area contributed by atoms with E-state index in [-0.39, 0.29) is 25.3 Å². The number of ether oxygens (including phenoxy) is 2. The van der Waals surface area contributed by atoms with Crippen LogP contribution in [0.3, 0.4) is 0 Å². The number of nitrogens with zero attached hydrogens (tertiary/aromatic N) is 6. The molecule has 2 atom stereocenters. The van der Waals surface area contributed by atoms with Crippen molar-refractivity contribution in [3.05, 3.63) is 58.6 Å². The van der Waals surface area contributed by atoms with Gasteiger partial charge in [0.05, 0.1) is 5.69 Å². The molecule has 0 radical (unpaired) electrons. The van der Waals surface area contributed by atoms with E-state index in [0.717, 1.165) is 55.1 Å². The lowest BCUT2D eigenvalue weighted by atomic mass is 10.1. The highest BCUT2D eigenvalue weighted by Crippen LogP contribution is 2.29. The number of amides is 1. The third-order valence-corrected chi connectivity index (χ3v) is 7.73. The largest absolute Gasteiger partial charge is 0.462 e. The van der Waals surface area contributed by atoms with Crippen LogP contribution >= 0.6 is 0 Å². The highest BCUT2D eigenvalue weighted by molar-refractivity contribution is 5.69. The summed E-state index contributed by atoms with van der Waals surface area (Å²) in [4.78, 5) is 32.6. The van der Waals surface area contributed by atoms with Crippen molar-refractivity contribution in [3.8, 4) is 6.01 Å². The molecule has 0 spiro atoms. The van der Waals surface area contributed by atoms with Crippen molar-refractivity contribution < 1.29 is 14.3 Å². The van der Waals surface area contributed by atoms with Crippen LogP contribution in [0.15, 0.2) is 30.3 Å². The summed E-state index contributed by atoms with van der Waals surface area (Å²) in [5.41, 5.74) is 3.05. The van der Waals surface area contributed by atoms with Crippen LogP contribution in [0.1, 0.15) is 36.6 Å². The molecule has 38 heavy (non-hydrogen) atoms. The molecular weight excluding hydrogens is 482 g/mol. The average molecular weight is 520 g/mol. The molecule has 3 aliphatic heterocycles. The summed E-state index contributed by atoms with van der Waals surface area (Å²) in [6.07, 6.45) is 2.79. The maximum Gasteiger partial charge on any atom is 0.410 e. The fourth-order valence-corrected chi connectivity index (χ4v) is 5.67. The first-order chi connectivity index (χ1) is 18.7. The zero-order chi connectivity index (χ0) is 26.3. The lowest BCUT2D eigenvalue weighted by molar-refractivity contribution is 0.0788. The van der Waals surface area contributed by atoms with E-state index in [2.05, 4.69) is 26.9 Å². The van der Waals surface area contributed by atoms with Crippen molar-refractivity contribution in [1.82, 2.24) is 25.1 Å². The normalized spacial score (nSPS) is 21.6. The predicted molar refractivity (Wildman–Crippen MR) is 144 cm³/mol. The summed E-state index contributed by atoms with van der Waals surface area (Å²) in [7, 11) is 0. The number of likely N-dealkylation sites (tertiary alicyclic amines) is 1. The van der Waals surface area contributed by atoms with Crippen LogP contribution in [0.5, 0.6) is 6.01 Å². The van der Waals surface area contributed by atoms with Gasteiger partial charge in [0.15, 0.2) is 0 Å². The second-order valence-corrected chi connectivity index (χ2v) is 10.1. The lowest BCUT2D eigenvalue weighted by Gasteiger charge is -2.40. The Morgan fingerprint density at radius 1 is 1.18 bits per heavy atom. The molecule has 5 rings (SSSR count). The quantitative estimate of drug-likeness (QED) is 0.533. The van der Waals surface area contributed by atoms with Gasteiger partial charge in [0.25, 0.3) is 0 Å². The number of fused-ring (bicyclic) bond motifs is 1. The Morgan fingerprint density at radius 2 is 2.05 bits per heavy atom. The molecule has 2 aromatic rings. The molecule has 2 saturated heterocycles. The number of piperazine rings is 1. The van der Waals surface area contributed by atoms with Crippen molar-refractivity contribution >= 4 is 11.9 Å². The number of rotatable bonds is 8. The molecule has 10 heteroatoms. The minimum Gasteiger partial charge on any atom is -0.462 e.